The minimum Gasteiger partial charge on any atom is -0.366 e. The summed E-state index contributed by atoms with van der Waals surface area (Å²) in [7, 11) is 0. The quantitative estimate of drug-likeness (QED) is 0.593. The molecular weight excluding hydrogens is 333 g/mol. The van der Waals surface area contributed by atoms with Crippen molar-refractivity contribution >= 4 is 23.1 Å². The molecule has 0 saturated carbocycles. The van der Waals surface area contributed by atoms with Crippen molar-refractivity contribution in [2.24, 2.45) is 5.73 Å². The molecule has 2 aromatic carbocycles. The van der Waals surface area contributed by atoms with E-state index in [4.69, 9.17) is 5.73 Å². The molecule has 0 bridgehead atoms. The summed E-state index contributed by atoms with van der Waals surface area (Å²) in [6.07, 6.45) is 5.08. The average Bonchev–Trinajstić information content (AvgIpc) is 3.07. The Hall–Kier alpha value is -3.74. The maximum absolute atomic E-state index is 13.5. The van der Waals surface area contributed by atoms with Crippen LogP contribution in [0.1, 0.15) is 10.4 Å². The van der Waals surface area contributed by atoms with Gasteiger partial charge >= 0.3 is 0 Å². The van der Waals surface area contributed by atoms with Gasteiger partial charge in [0.1, 0.15) is 5.82 Å². The number of hydrogen-bond donors (Lipinski definition) is 2. The maximum atomic E-state index is 13.5. The van der Waals surface area contributed by atoms with E-state index in [-0.39, 0.29) is 5.82 Å². The average molecular weight is 347 g/mol. The predicted molar refractivity (Wildman–Crippen MR) is 96.6 cm³/mol. The van der Waals surface area contributed by atoms with Gasteiger partial charge in [0, 0.05) is 29.2 Å². The van der Waals surface area contributed by atoms with E-state index in [1.807, 2.05) is 10.5 Å². The molecule has 0 aliphatic rings. The lowest BCUT2D eigenvalue weighted by molar-refractivity contribution is 0.100. The first-order valence-corrected chi connectivity index (χ1v) is 7.87. The molecule has 2 aromatic heterocycles. The third-order valence-corrected chi connectivity index (χ3v) is 3.98. The number of aromatic nitrogens is 3. The van der Waals surface area contributed by atoms with E-state index < -0.39 is 5.91 Å². The van der Waals surface area contributed by atoms with Crippen molar-refractivity contribution in [1.82, 2.24) is 14.4 Å². The number of carbonyl (C=O) groups is 1. The number of hydrogen-bond acceptors (Lipinski definition) is 4. The Morgan fingerprint density at radius 1 is 1.12 bits per heavy atom. The number of benzene rings is 2. The number of primary amides is 1. The fourth-order valence-electron chi connectivity index (χ4n) is 2.72. The van der Waals surface area contributed by atoms with Crippen LogP contribution >= 0.6 is 0 Å². The number of halogens is 1. The van der Waals surface area contributed by atoms with Crippen molar-refractivity contribution in [2.75, 3.05) is 5.32 Å². The van der Waals surface area contributed by atoms with Gasteiger partial charge in [0.2, 0.25) is 5.91 Å². The number of nitrogens with two attached hydrogens (primary N) is 1. The number of carbonyl (C=O) groups excluding carboxylic acids is 1. The van der Waals surface area contributed by atoms with Crippen LogP contribution in [0.3, 0.4) is 0 Å². The van der Waals surface area contributed by atoms with Crippen molar-refractivity contribution < 1.29 is 9.18 Å². The number of imidazole rings is 1. The van der Waals surface area contributed by atoms with Crippen LogP contribution in [0.2, 0.25) is 0 Å². The van der Waals surface area contributed by atoms with Crippen molar-refractivity contribution in [3.63, 3.8) is 0 Å². The first-order valence-electron chi connectivity index (χ1n) is 7.87. The summed E-state index contributed by atoms with van der Waals surface area (Å²) >= 11 is 0. The molecule has 1 amide bonds. The second kappa shape index (κ2) is 6.29. The summed E-state index contributed by atoms with van der Waals surface area (Å²) in [5.41, 5.74) is 8.50. The summed E-state index contributed by atoms with van der Waals surface area (Å²) < 4.78 is 15.4. The standard InChI is InChI=1S/C19H14FN5O/c20-14-3-1-2-13(10-14)16-11-23-19-18(22-8-9-25(16)19)24-15-6-4-12(5-7-15)17(21)26/h1-11H,(H2,21,26)(H,22,24). The van der Waals surface area contributed by atoms with Crippen molar-refractivity contribution in [1.29, 1.82) is 0 Å². The molecule has 4 rings (SSSR count). The molecule has 3 N–H and O–H groups in total. The highest BCUT2D eigenvalue weighted by molar-refractivity contribution is 5.93. The largest absolute Gasteiger partial charge is 0.366 e. The van der Waals surface area contributed by atoms with Crippen LogP contribution in [0.15, 0.2) is 67.1 Å². The van der Waals surface area contributed by atoms with Crippen LogP contribution in [0.25, 0.3) is 16.9 Å². The summed E-state index contributed by atoms with van der Waals surface area (Å²) in [6.45, 7) is 0. The highest BCUT2D eigenvalue weighted by Crippen LogP contribution is 2.25. The number of rotatable bonds is 4. The molecule has 0 aliphatic carbocycles. The van der Waals surface area contributed by atoms with E-state index in [1.165, 1.54) is 12.1 Å². The smallest absolute Gasteiger partial charge is 0.248 e. The summed E-state index contributed by atoms with van der Waals surface area (Å²) in [4.78, 5) is 19.9. The van der Waals surface area contributed by atoms with Crippen molar-refractivity contribution in [3.8, 4) is 11.3 Å². The molecule has 0 saturated heterocycles. The minimum absolute atomic E-state index is 0.306. The van der Waals surface area contributed by atoms with Gasteiger partial charge in [-0.05, 0) is 36.4 Å². The molecule has 26 heavy (non-hydrogen) atoms. The molecule has 6 nitrogen and oxygen atoms in total. The van der Waals surface area contributed by atoms with Gasteiger partial charge in [0.15, 0.2) is 11.5 Å². The maximum Gasteiger partial charge on any atom is 0.248 e. The van der Waals surface area contributed by atoms with Crippen LogP contribution in [0.4, 0.5) is 15.9 Å². The molecule has 4 aromatic rings. The topological polar surface area (TPSA) is 85.3 Å². The highest BCUT2D eigenvalue weighted by Gasteiger charge is 2.11. The molecule has 128 valence electrons. The second-order valence-electron chi connectivity index (χ2n) is 5.69. The predicted octanol–water partition coefficient (Wildman–Crippen LogP) is 3.38. The summed E-state index contributed by atoms with van der Waals surface area (Å²) in [5.74, 6) is -0.244. The molecule has 2 heterocycles. The zero-order valence-corrected chi connectivity index (χ0v) is 13.6. The van der Waals surface area contributed by atoms with Crippen LogP contribution in [-0.4, -0.2) is 20.3 Å². The van der Waals surface area contributed by atoms with Gasteiger partial charge in [0.05, 0.1) is 11.9 Å². The van der Waals surface area contributed by atoms with Crippen LogP contribution in [-0.2, 0) is 0 Å². The van der Waals surface area contributed by atoms with Gasteiger partial charge in [0.25, 0.3) is 0 Å². The highest BCUT2D eigenvalue weighted by atomic mass is 19.1. The van der Waals surface area contributed by atoms with E-state index in [0.29, 0.717) is 17.0 Å². The summed E-state index contributed by atoms with van der Waals surface area (Å²) in [6, 6.07) is 13.1. The lowest BCUT2D eigenvalue weighted by Gasteiger charge is -2.08. The molecular formula is C19H14FN5O. The molecule has 0 unspecified atom stereocenters. The first kappa shape index (κ1) is 15.8. The molecule has 0 fully saturated rings. The lowest BCUT2D eigenvalue weighted by Crippen LogP contribution is -2.10. The number of anilines is 2. The zero-order chi connectivity index (χ0) is 18.1. The molecule has 0 radical (unpaired) electrons. The van der Waals surface area contributed by atoms with E-state index in [0.717, 1.165) is 16.9 Å². The normalized spacial score (nSPS) is 10.8. The van der Waals surface area contributed by atoms with E-state index in [2.05, 4.69) is 15.3 Å². The Morgan fingerprint density at radius 2 is 1.92 bits per heavy atom. The Labute approximate surface area is 148 Å². The number of nitrogens with one attached hydrogen (secondary N) is 1. The van der Waals surface area contributed by atoms with E-state index in [1.54, 1.807) is 48.9 Å². The van der Waals surface area contributed by atoms with Gasteiger partial charge < -0.3 is 11.1 Å². The van der Waals surface area contributed by atoms with Gasteiger partial charge in [-0.3, -0.25) is 9.20 Å². The Kier molecular flexibility index (Phi) is 3.81. The molecule has 7 heteroatoms. The molecule has 0 spiro atoms. The monoisotopic (exact) mass is 347 g/mol. The third-order valence-electron chi connectivity index (χ3n) is 3.98. The zero-order valence-electron chi connectivity index (χ0n) is 13.6. The van der Waals surface area contributed by atoms with Crippen LogP contribution < -0.4 is 11.1 Å². The van der Waals surface area contributed by atoms with Crippen LogP contribution in [0.5, 0.6) is 0 Å². The number of amides is 1. The third kappa shape index (κ3) is 2.86. The number of fused-ring (bicyclic) bond motifs is 1. The number of nitrogens with zero attached hydrogens (tertiary/aromatic N) is 3. The Balaban J connectivity index is 1.72. The second-order valence-corrected chi connectivity index (χ2v) is 5.69. The van der Waals surface area contributed by atoms with Crippen LogP contribution in [0, 0.1) is 5.82 Å². The van der Waals surface area contributed by atoms with Gasteiger partial charge in [-0.1, -0.05) is 12.1 Å². The fraction of sp³-hybridized carbons (Fsp3) is 0. The molecule has 0 aliphatic heterocycles. The van der Waals surface area contributed by atoms with E-state index in [9.17, 15) is 9.18 Å². The Morgan fingerprint density at radius 3 is 2.65 bits per heavy atom. The van der Waals surface area contributed by atoms with Gasteiger partial charge in [-0.2, -0.15) is 0 Å². The minimum atomic E-state index is -0.482. The Bertz CT molecular complexity index is 1100. The first-order chi connectivity index (χ1) is 12.6. The summed E-state index contributed by atoms with van der Waals surface area (Å²) in [5, 5.41) is 3.17. The van der Waals surface area contributed by atoms with Gasteiger partial charge in [-0.25, -0.2) is 14.4 Å². The van der Waals surface area contributed by atoms with Crippen molar-refractivity contribution in [3.05, 3.63) is 78.5 Å². The SMILES string of the molecule is NC(=O)c1ccc(Nc2nccn3c(-c4cccc(F)c4)cnc23)cc1. The lowest BCUT2D eigenvalue weighted by atomic mass is 10.1. The fourth-order valence-corrected chi connectivity index (χ4v) is 2.72. The molecule has 0 atom stereocenters. The van der Waals surface area contributed by atoms with Crippen molar-refractivity contribution in [2.45, 2.75) is 0 Å². The van der Waals surface area contributed by atoms with Gasteiger partial charge in [-0.15, -0.1) is 0 Å². The van der Waals surface area contributed by atoms with E-state index >= 15 is 0 Å².